The summed E-state index contributed by atoms with van der Waals surface area (Å²) in [5.41, 5.74) is 8.58. The largest absolute Gasteiger partial charge is 0.367 e. The highest BCUT2D eigenvalue weighted by Crippen LogP contribution is 2.36. The predicted molar refractivity (Wildman–Crippen MR) is 68.1 cm³/mol. The normalized spacial score (nSPS) is 11.0. The Morgan fingerprint density at radius 2 is 2.00 bits per heavy atom. The third-order valence-corrected chi connectivity index (χ3v) is 3.15. The number of rotatable bonds is 2. The van der Waals surface area contributed by atoms with Crippen molar-refractivity contribution in [2.75, 3.05) is 5.73 Å². The quantitative estimate of drug-likeness (QED) is 0.910. The van der Waals surface area contributed by atoms with Crippen LogP contribution in [-0.2, 0) is 0 Å². The SMILES string of the molecule is CC(C)c1c(-c2ccccc2Br)noc1N. The number of hydrogen-bond donors (Lipinski definition) is 1. The van der Waals surface area contributed by atoms with Gasteiger partial charge in [0.2, 0.25) is 5.88 Å². The van der Waals surface area contributed by atoms with E-state index in [1.165, 1.54) is 0 Å². The number of nitrogens with two attached hydrogens (primary N) is 1. The van der Waals surface area contributed by atoms with Crippen molar-refractivity contribution < 1.29 is 4.52 Å². The average molecular weight is 281 g/mol. The second kappa shape index (κ2) is 4.29. The molecule has 1 aromatic carbocycles. The van der Waals surface area contributed by atoms with Crippen molar-refractivity contribution in [2.45, 2.75) is 19.8 Å². The smallest absolute Gasteiger partial charge is 0.226 e. The van der Waals surface area contributed by atoms with Crippen LogP contribution in [0.15, 0.2) is 33.3 Å². The van der Waals surface area contributed by atoms with E-state index < -0.39 is 0 Å². The van der Waals surface area contributed by atoms with Crippen molar-refractivity contribution in [3.8, 4) is 11.3 Å². The molecule has 0 spiro atoms. The van der Waals surface area contributed by atoms with E-state index in [-0.39, 0.29) is 5.92 Å². The molecule has 0 atom stereocenters. The van der Waals surface area contributed by atoms with Gasteiger partial charge in [-0.3, -0.25) is 0 Å². The molecule has 1 aromatic heterocycles. The molecule has 0 aliphatic rings. The van der Waals surface area contributed by atoms with E-state index in [2.05, 4.69) is 34.9 Å². The van der Waals surface area contributed by atoms with Crippen LogP contribution in [0.2, 0.25) is 0 Å². The molecule has 2 rings (SSSR count). The zero-order valence-electron chi connectivity index (χ0n) is 9.20. The Balaban J connectivity index is 2.61. The first kappa shape index (κ1) is 11.2. The molecule has 4 heteroatoms. The molecule has 0 aliphatic heterocycles. The number of benzene rings is 1. The molecule has 84 valence electrons. The summed E-state index contributed by atoms with van der Waals surface area (Å²) >= 11 is 3.50. The summed E-state index contributed by atoms with van der Waals surface area (Å²) in [6, 6.07) is 7.90. The van der Waals surface area contributed by atoms with Crippen LogP contribution in [0.1, 0.15) is 25.3 Å². The molecule has 0 saturated heterocycles. The van der Waals surface area contributed by atoms with Gasteiger partial charge in [-0.25, -0.2) is 0 Å². The summed E-state index contributed by atoms with van der Waals surface area (Å²) in [5, 5.41) is 4.04. The van der Waals surface area contributed by atoms with E-state index in [0.717, 1.165) is 21.3 Å². The second-order valence-corrected chi connectivity index (χ2v) is 4.80. The number of halogens is 1. The van der Waals surface area contributed by atoms with E-state index in [9.17, 15) is 0 Å². The molecule has 0 unspecified atom stereocenters. The Labute approximate surface area is 103 Å². The molecule has 0 saturated carbocycles. The van der Waals surface area contributed by atoms with Crippen LogP contribution in [0.5, 0.6) is 0 Å². The first-order chi connectivity index (χ1) is 7.61. The van der Waals surface area contributed by atoms with Gasteiger partial charge in [-0.2, -0.15) is 0 Å². The summed E-state index contributed by atoms with van der Waals surface area (Å²) in [6.07, 6.45) is 0. The fraction of sp³-hybridized carbons (Fsp3) is 0.250. The Morgan fingerprint density at radius 3 is 2.62 bits per heavy atom. The van der Waals surface area contributed by atoms with Crippen LogP contribution < -0.4 is 5.73 Å². The maximum atomic E-state index is 5.79. The van der Waals surface area contributed by atoms with Crippen LogP contribution in [-0.4, -0.2) is 5.16 Å². The van der Waals surface area contributed by atoms with E-state index in [1.807, 2.05) is 24.3 Å². The van der Waals surface area contributed by atoms with Gasteiger partial charge in [-0.15, -0.1) is 0 Å². The minimum Gasteiger partial charge on any atom is -0.367 e. The summed E-state index contributed by atoms with van der Waals surface area (Å²) in [6.45, 7) is 4.15. The van der Waals surface area contributed by atoms with Gasteiger partial charge in [0.1, 0.15) is 5.69 Å². The van der Waals surface area contributed by atoms with Crippen molar-refractivity contribution in [2.24, 2.45) is 0 Å². The highest BCUT2D eigenvalue weighted by molar-refractivity contribution is 9.10. The standard InChI is InChI=1S/C12H13BrN2O/c1-7(2)10-11(15-16-12(10)14)8-5-3-4-6-9(8)13/h3-7H,14H2,1-2H3. The molecule has 3 nitrogen and oxygen atoms in total. The van der Waals surface area contributed by atoms with Crippen molar-refractivity contribution in [1.82, 2.24) is 5.16 Å². The van der Waals surface area contributed by atoms with Crippen LogP contribution in [0.3, 0.4) is 0 Å². The van der Waals surface area contributed by atoms with Crippen molar-refractivity contribution in [1.29, 1.82) is 0 Å². The molecule has 1 heterocycles. The lowest BCUT2D eigenvalue weighted by molar-refractivity contribution is 0.438. The minimum absolute atomic E-state index is 0.286. The third-order valence-electron chi connectivity index (χ3n) is 2.46. The van der Waals surface area contributed by atoms with Crippen LogP contribution in [0.25, 0.3) is 11.3 Å². The summed E-state index contributed by atoms with van der Waals surface area (Å²) < 4.78 is 6.06. The van der Waals surface area contributed by atoms with Gasteiger partial charge in [0.25, 0.3) is 0 Å². The van der Waals surface area contributed by atoms with Crippen LogP contribution in [0, 0.1) is 0 Å². The van der Waals surface area contributed by atoms with Gasteiger partial charge in [0.05, 0.1) is 0 Å². The maximum Gasteiger partial charge on any atom is 0.226 e. The molecule has 0 radical (unpaired) electrons. The van der Waals surface area contributed by atoms with Gasteiger partial charge in [0, 0.05) is 15.6 Å². The number of nitrogen functional groups attached to an aromatic ring is 1. The van der Waals surface area contributed by atoms with Gasteiger partial charge < -0.3 is 10.3 Å². The monoisotopic (exact) mass is 280 g/mol. The molecule has 0 amide bonds. The lowest BCUT2D eigenvalue weighted by Crippen LogP contribution is -1.94. The zero-order chi connectivity index (χ0) is 11.7. The lowest BCUT2D eigenvalue weighted by Gasteiger charge is -2.06. The highest BCUT2D eigenvalue weighted by Gasteiger charge is 2.19. The summed E-state index contributed by atoms with van der Waals surface area (Å²) in [7, 11) is 0. The third kappa shape index (κ3) is 1.85. The van der Waals surface area contributed by atoms with Gasteiger partial charge >= 0.3 is 0 Å². The molecular weight excluding hydrogens is 268 g/mol. The number of anilines is 1. The zero-order valence-corrected chi connectivity index (χ0v) is 10.8. The molecule has 16 heavy (non-hydrogen) atoms. The van der Waals surface area contributed by atoms with Crippen molar-refractivity contribution in [3.63, 3.8) is 0 Å². The fourth-order valence-corrected chi connectivity index (χ4v) is 2.19. The Morgan fingerprint density at radius 1 is 1.31 bits per heavy atom. The average Bonchev–Trinajstić information content (AvgIpc) is 2.61. The fourth-order valence-electron chi connectivity index (χ4n) is 1.72. The van der Waals surface area contributed by atoms with Crippen molar-refractivity contribution >= 4 is 21.8 Å². The van der Waals surface area contributed by atoms with E-state index in [0.29, 0.717) is 5.88 Å². The van der Waals surface area contributed by atoms with E-state index >= 15 is 0 Å². The van der Waals surface area contributed by atoms with Crippen LogP contribution in [0.4, 0.5) is 5.88 Å². The van der Waals surface area contributed by atoms with Gasteiger partial charge in [-0.05, 0) is 12.0 Å². The van der Waals surface area contributed by atoms with E-state index in [4.69, 9.17) is 10.3 Å². The Kier molecular flexibility index (Phi) is 3.01. The lowest BCUT2D eigenvalue weighted by atomic mass is 9.99. The first-order valence-corrected chi connectivity index (χ1v) is 5.90. The molecule has 0 aliphatic carbocycles. The van der Waals surface area contributed by atoms with Gasteiger partial charge in [0.15, 0.2) is 0 Å². The molecule has 0 fully saturated rings. The summed E-state index contributed by atoms with van der Waals surface area (Å²) in [4.78, 5) is 0. The predicted octanol–water partition coefficient (Wildman–Crippen LogP) is 3.81. The molecule has 2 N–H and O–H groups in total. The number of aromatic nitrogens is 1. The topological polar surface area (TPSA) is 52.0 Å². The highest BCUT2D eigenvalue weighted by atomic mass is 79.9. The Hall–Kier alpha value is -1.29. The Bertz CT molecular complexity index is 505. The molecule has 2 aromatic rings. The first-order valence-electron chi connectivity index (χ1n) is 5.11. The molecular formula is C12H13BrN2O. The summed E-state index contributed by atoms with van der Waals surface area (Å²) in [5.74, 6) is 0.689. The van der Waals surface area contributed by atoms with Crippen molar-refractivity contribution in [3.05, 3.63) is 34.3 Å². The number of hydrogen-bond acceptors (Lipinski definition) is 3. The second-order valence-electron chi connectivity index (χ2n) is 3.94. The van der Waals surface area contributed by atoms with E-state index in [1.54, 1.807) is 0 Å². The minimum atomic E-state index is 0.286. The molecule has 0 bridgehead atoms. The van der Waals surface area contributed by atoms with Gasteiger partial charge in [-0.1, -0.05) is 53.1 Å². The number of nitrogens with zero attached hydrogens (tertiary/aromatic N) is 1. The van der Waals surface area contributed by atoms with Crippen LogP contribution >= 0.6 is 15.9 Å². The maximum absolute atomic E-state index is 5.79.